The van der Waals surface area contributed by atoms with E-state index in [0.717, 1.165) is 25.9 Å². The van der Waals surface area contributed by atoms with Crippen molar-refractivity contribution in [1.29, 1.82) is 0 Å². The Morgan fingerprint density at radius 2 is 2.32 bits per heavy atom. The molecule has 3 N–H and O–H groups in total. The number of rotatable bonds is 2. The maximum Gasteiger partial charge on any atom is 0.267 e. The number of aromatic amines is 1. The molecule has 1 aliphatic heterocycles. The highest BCUT2D eigenvalue weighted by Crippen LogP contribution is 2.18. The van der Waals surface area contributed by atoms with Crippen LogP contribution < -0.4 is 10.6 Å². The number of nitrogens with one attached hydrogen (secondary N) is 3. The fourth-order valence-electron chi connectivity index (χ4n) is 2.48. The molecule has 1 aliphatic rings. The molecule has 3 rings (SSSR count). The zero-order valence-corrected chi connectivity index (χ0v) is 10.5. The highest BCUT2D eigenvalue weighted by Gasteiger charge is 2.18. The van der Waals surface area contributed by atoms with Gasteiger partial charge in [0.2, 0.25) is 0 Å². The van der Waals surface area contributed by atoms with Gasteiger partial charge in [0.1, 0.15) is 11.5 Å². The van der Waals surface area contributed by atoms with Crippen molar-refractivity contribution in [3.8, 4) is 0 Å². The standard InChI is InChI=1S/C14H16FN3O/c15-11-5-1-3-9-7-12(18-13(9)11)14(19)17-10-4-2-6-16-8-10/h1,3,5,7,10,16,18H,2,4,6,8H2,(H,17,19)/t10-/m1/s1. The summed E-state index contributed by atoms with van der Waals surface area (Å²) in [7, 11) is 0. The third kappa shape index (κ3) is 2.46. The van der Waals surface area contributed by atoms with Gasteiger partial charge in [-0.05, 0) is 31.5 Å². The van der Waals surface area contributed by atoms with E-state index in [9.17, 15) is 9.18 Å². The first-order valence-corrected chi connectivity index (χ1v) is 6.53. The van der Waals surface area contributed by atoms with Crippen molar-refractivity contribution >= 4 is 16.8 Å². The lowest BCUT2D eigenvalue weighted by Gasteiger charge is -2.23. The average molecular weight is 261 g/mol. The minimum absolute atomic E-state index is 0.150. The summed E-state index contributed by atoms with van der Waals surface area (Å²) in [6.07, 6.45) is 2.04. The van der Waals surface area contributed by atoms with E-state index >= 15 is 0 Å². The molecule has 1 fully saturated rings. The Labute approximate surface area is 110 Å². The molecule has 0 saturated carbocycles. The van der Waals surface area contributed by atoms with Crippen LogP contribution in [-0.2, 0) is 0 Å². The van der Waals surface area contributed by atoms with E-state index in [1.165, 1.54) is 6.07 Å². The van der Waals surface area contributed by atoms with E-state index in [1.54, 1.807) is 18.2 Å². The van der Waals surface area contributed by atoms with Crippen LogP contribution in [0.4, 0.5) is 4.39 Å². The molecule has 5 heteroatoms. The third-order valence-corrected chi connectivity index (χ3v) is 3.48. The van der Waals surface area contributed by atoms with Crippen molar-refractivity contribution in [1.82, 2.24) is 15.6 Å². The molecule has 0 unspecified atom stereocenters. The molecule has 100 valence electrons. The molecule has 0 bridgehead atoms. The van der Waals surface area contributed by atoms with Crippen LogP contribution in [0.2, 0.25) is 0 Å². The van der Waals surface area contributed by atoms with Crippen LogP contribution in [0.1, 0.15) is 23.3 Å². The predicted molar refractivity (Wildman–Crippen MR) is 71.6 cm³/mol. The van der Waals surface area contributed by atoms with Gasteiger partial charge in [0.05, 0.1) is 5.52 Å². The normalized spacial score (nSPS) is 19.5. The molecular formula is C14H16FN3O. The van der Waals surface area contributed by atoms with Crippen molar-refractivity contribution in [2.75, 3.05) is 13.1 Å². The third-order valence-electron chi connectivity index (χ3n) is 3.48. The molecule has 0 aliphatic carbocycles. The van der Waals surface area contributed by atoms with Gasteiger partial charge in [0.25, 0.3) is 5.91 Å². The maximum absolute atomic E-state index is 13.5. The van der Waals surface area contributed by atoms with E-state index in [0.29, 0.717) is 16.6 Å². The van der Waals surface area contributed by atoms with Crippen LogP contribution in [-0.4, -0.2) is 30.0 Å². The summed E-state index contributed by atoms with van der Waals surface area (Å²) in [6.45, 7) is 1.80. The predicted octanol–water partition coefficient (Wildman–Crippen LogP) is 1.79. The molecule has 4 nitrogen and oxygen atoms in total. The topological polar surface area (TPSA) is 56.9 Å². The van der Waals surface area contributed by atoms with Gasteiger partial charge >= 0.3 is 0 Å². The van der Waals surface area contributed by atoms with E-state index < -0.39 is 0 Å². The number of carbonyl (C=O) groups excluding carboxylic acids is 1. The van der Waals surface area contributed by atoms with Gasteiger partial charge < -0.3 is 15.6 Å². The summed E-state index contributed by atoms with van der Waals surface area (Å²) < 4.78 is 13.5. The Hall–Kier alpha value is -1.88. The zero-order chi connectivity index (χ0) is 13.2. The van der Waals surface area contributed by atoms with Gasteiger partial charge in [-0.2, -0.15) is 0 Å². The molecule has 1 aromatic heterocycles. The minimum atomic E-state index is -0.337. The van der Waals surface area contributed by atoms with Gasteiger partial charge in [-0.3, -0.25) is 4.79 Å². The summed E-state index contributed by atoms with van der Waals surface area (Å²) >= 11 is 0. The molecule has 2 heterocycles. The first-order valence-electron chi connectivity index (χ1n) is 6.53. The quantitative estimate of drug-likeness (QED) is 0.772. The number of aromatic nitrogens is 1. The van der Waals surface area contributed by atoms with Gasteiger partial charge in [-0.1, -0.05) is 12.1 Å². The second-order valence-electron chi connectivity index (χ2n) is 4.90. The number of hydrogen-bond donors (Lipinski definition) is 3. The molecule has 0 spiro atoms. The molecule has 0 radical (unpaired) electrons. The van der Waals surface area contributed by atoms with Crippen molar-refractivity contribution in [3.63, 3.8) is 0 Å². The Morgan fingerprint density at radius 1 is 1.42 bits per heavy atom. The van der Waals surface area contributed by atoms with Crippen LogP contribution in [0.25, 0.3) is 10.9 Å². The molecule has 19 heavy (non-hydrogen) atoms. The van der Waals surface area contributed by atoms with Gasteiger partial charge in [-0.15, -0.1) is 0 Å². The maximum atomic E-state index is 13.5. The lowest BCUT2D eigenvalue weighted by atomic mass is 10.1. The summed E-state index contributed by atoms with van der Waals surface area (Å²) in [5, 5.41) is 6.92. The minimum Gasteiger partial charge on any atom is -0.348 e. The van der Waals surface area contributed by atoms with Crippen molar-refractivity contribution in [2.24, 2.45) is 0 Å². The highest BCUT2D eigenvalue weighted by molar-refractivity contribution is 5.98. The number of piperidine rings is 1. The fraction of sp³-hybridized carbons (Fsp3) is 0.357. The Morgan fingerprint density at radius 3 is 3.05 bits per heavy atom. The van der Waals surface area contributed by atoms with E-state index in [2.05, 4.69) is 15.6 Å². The molecule has 1 amide bonds. The van der Waals surface area contributed by atoms with Crippen molar-refractivity contribution in [3.05, 3.63) is 35.8 Å². The van der Waals surface area contributed by atoms with Gasteiger partial charge in [0.15, 0.2) is 0 Å². The van der Waals surface area contributed by atoms with Crippen LogP contribution in [0.5, 0.6) is 0 Å². The van der Waals surface area contributed by atoms with Gasteiger partial charge in [-0.25, -0.2) is 4.39 Å². The lowest BCUT2D eigenvalue weighted by molar-refractivity contribution is 0.0926. The van der Waals surface area contributed by atoms with Crippen molar-refractivity contribution < 1.29 is 9.18 Å². The second kappa shape index (κ2) is 5.01. The first-order chi connectivity index (χ1) is 9.24. The number of amides is 1. The Balaban J connectivity index is 1.79. The molecule has 1 aromatic carbocycles. The SMILES string of the molecule is O=C(N[C@@H]1CCCNC1)c1cc2cccc(F)c2[nH]1. The number of halogens is 1. The summed E-state index contributed by atoms with van der Waals surface area (Å²) in [5.41, 5.74) is 0.792. The Bertz CT molecular complexity index is 602. The van der Waals surface area contributed by atoms with E-state index in [1.807, 2.05) is 0 Å². The molecular weight excluding hydrogens is 245 g/mol. The average Bonchev–Trinajstić information content (AvgIpc) is 2.85. The summed E-state index contributed by atoms with van der Waals surface area (Å²) in [5.74, 6) is -0.514. The molecule has 1 saturated heterocycles. The monoisotopic (exact) mass is 261 g/mol. The lowest BCUT2D eigenvalue weighted by Crippen LogP contribution is -2.45. The highest BCUT2D eigenvalue weighted by atomic mass is 19.1. The zero-order valence-electron chi connectivity index (χ0n) is 10.5. The van der Waals surface area contributed by atoms with E-state index in [4.69, 9.17) is 0 Å². The Kier molecular flexibility index (Phi) is 3.21. The van der Waals surface area contributed by atoms with Crippen LogP contribution in [0.3, 0.4) is 0 Å². The largest absolute Gasteiger partial charge is 0.348 e. The fourth-order valence-corrected chi connectivity index (χ4v) is 2.48. The first kappa shape index (κ1) is 12.2. The number of fused-ring (bicyclic) bond motifs is 1. The molecule has 1 atom stereocenters. The van der Waals surface area contributed by atoms with Crippen LogP contribution in [0.15, 0.2) is 24.3 Å². The number of carbonyl (C=O) groups is 1. The summed E-state index contributed by atoms with van der Waals surface area (Å²) in [4.78, 5) is 14.9. The molecule has 2 aromatic rings. The smallest absolute Gasteiger partial charge is 0.267 e. The van der Waals surface area contributed by atoms with Crippen molar-refractivity contribution in [2.45, 2.75) is 18.9 Å². The van der Waals surface area contributed by atoms with Crippen LogP contribution >= 0.6 is 0 Å². The van der Waals surface area contributed by atoms with E-state index in [-0.39, 0.29) is 17.8 Å². The van der Waals surface area contributed by atoms with Gasteiger partial charge in [0, 0.05) is 18.0 Å². The number of hydrogen-bond acceptors (Lipinski definition) is 2. The van der Waals surface area contributed by atoms with Crippen LogP contribution in [0, 0.1) is 5.82 Å². The number of H-pyrrole nitrogens is 1. The summed E-state index contributed by atoms with van der Waals surface area (Å²) in [6, 6.07) is 6.64. The second-order valence-corrected chi connectivity index (χ2v) is 4.90. The number of benzene rings is 1. The number of para-hydroxylation sites is 1.